The van der Waals surface area contributed by atoms with Crippen molar-refractivity contribution in [1.29, 1.82) is 0 Å². The van der Waals surface area contributed by atoms with Crippen molar-refractivity contribution in [3.05, 3.63) is 45.4 Å². The molecule has 1 aliphatic rings. The highest BCUT2D eigenvalue weighted by atomic mass is 79.9. The van der Waals surface area contributed by atoms with Gasteiger partial charge in [0, 0.05) is 15.7 Å². The lowest BCUT2D eigenvalue weighted by atomic mass is 10.2. The van der Waals surface area contributed by atoms with Gasteiger partial charge in [0.05, 0.1) is 0 Å². The minimum absolute atomic E-state index is 0.0369. The minimum Gasteiger partial charge on any atom is -0.476 e. The van der Waals surface area contributed by atoms with Crippen LogP contribution in [0.5, 0.6) is 0 Å². The summed E-state index contributed by atoms with van der Waals surface area (Å²) in [6.07, 6.45) is 2.30. The second-order valence-corrected chi connectivity index (χ2v) is 5.36. The fourth-order valence-corrected chi connectivity index (χ4v) is 2.79. The van der Waals surface area contributed by atoms with Crippen LogP contribution in [-0.2, 0) is 12.8 Å². The van der Waals surface area contributed by atoms with E-state index in [1.165, 1.54) is 10.7 Å². The van der Waals surface area contributed by atoms with Crippen LogP contribution in [0.15, 0.2) is 22.7 Å². The Morgan fingerprint density at radius 3 is 2.89 bits per heavy atom. The monoisotopic (exact) mass is 324 g/mol. The Morgan fingerprint density at radius 1 is 1.42 bits per heavy atom. The topological polar surface area (TPSA) is 55.1 Å². The summed E-state index contributed by atoms with van der Waals surface area (Å²) in [7, 11) is 0. The van der Waals surface area contributed by atoms with Gasteiger partial charge in [0.2, 0.25) is 0 Å². The van der Waals surface area contributed by atoms with Crippen molar-refractivity contribution in [3.63, 3.8) is 0 Å². The van der Waals surface area contributed by atoms with Gasteiger partial charge in [-0.2, -0.15) is 5.10 Å². The summed E-state index contributed by atoms with van der Waals surface area (Å²) in [6.45, 7) is 0. The molecule has 0 fully saturated rings. The van der Waals surface area contributed by atoms with Gasteiger partial charge in [-0.1, -0.05) is 15.9 Å². The molecule has 1 N–H and O–H groups in total. The van der Waals surface area contributed by atoms with Crippen molar-refractivity contribution in [1.82, 2.24) is 9.78 Å². The van der Waals surface area contributed by atoms with Crippen LogP contribution in [-0.4, -0.2) is 20.9 Å². The SMILES string of the molecule is O=C(O)c1nn(-c2ccc(Br)cc2F)c2c1CCC2. The Morgan fingerprint density at radius 2 is 2.21 bits per heavy atom. The van der Waals surface area contributed by atoms with Gasteiger partial charge >= 0.3 is 5.97 Å². The molecule has 98 valence electrons. The number of hydrogen-bond acceptors (Lipinski definition) is 2. The highest BCUT2D eigenvalue weighted by Crippen LogP contribution is 2.29. The van der Waals surface area contributed by atoms with Crippen molar-refractivity contribution in [2.45, 2.75) is 19.3 Å². The summed E-state index contributed by atoms with van der Waals surface area (Å²) in [4.78, 5) is 11.2. The van der Waals surface area contributed by atoms with E-state index in [0.29, 0.717) is 10.9 Å². The highest BCUT2D eigenvalue weighted by molar-refractivity contribution is 9.10. The number of hydrogen-bond donors (Lipinski definition) is 1. The maximum absolute atomic E-state index is 14.0. The van der Waals surface area contributed by atoms with Gasteiger partial charge in [-0.15, -0.1) is 0 Å². The van der Waals surface area contributed by atoms with Gasteiger partial charge in [-0.25, -0.2) is 13.9 Å². The maximum Gasteiger partial charge on any atom is 0.356 e. The first-order valence-corrected chi connectivity index (χ1v) is 6.66. The van der Waals surface area contributed by atoms with Crippen molar-refractivity contribution >= 4 is 21.9 Å². The molecule has 6 heteroatoms. The number of aromatic carboxylic acids is 1. The van der Waals surface area contributed by atoms with Crippen LogP contribution in [0.1, 0.15) is 28.2 Å². The number of benzene rings is 1. The van der Waals surface area contributed by atoms with E-state index >= 15 is 0 Å². The van der Waals surface area contributed by atoms with E-state index in [0.717, 1.165) is 24.1 Å². The van der Waals surface area contributed by atoms with Crippen LogP contribution in [0.3, 0.4) is 0 Å². The Kier molecular flexibility index (Phi) is 2.89. The predicted octanol–water partition coefficient (Wildman–Crippen LogP) is 2.96. The van der Waals surface area contributed by atoms with Crippen LogP contribution in [0, 0.1) is 5.82 Å². The summed E-state index contributed by atoms with van der Waals surface area (Å²) in [5, 5.41) is 13.2. The number of carbonyl (C=O) groups is 1. The normalized spacial score (nSPS) is 13.6. The Bertz CT molecular complexity index is 682. The van der Waals surface area contributed by atoms with Gasteiger partial charge in [-0.05, 0) is 37.5 Å². The van der Waals surface area contributed by atoms with Gasteiger partial charge in [-0.3, -0.25) is 0 Å². The molecular weight excluding hydrogens is 315 g/mol. The average molecular weight is 325 g/mol. The molecule has 0 saturated heterocycles. The van der Waals surface area contributed by atoms with E-state index in [-0.39, 0.29) is 11.4 Å². The number of aromatic nitrogens is 2. The Labute approximate surface area is 117 Å². The standard InChI is InChI=1S/C13H10BrFN2O2/c14-7-4-5-11(9(15)6-7)17-10-3-1-2-8(10)12(16-17)13(18)19/h4-6H,1-3H2,(H,18,19). The fourth-order valence-electron chi connectivity index (χ4n) is 2.46. The number of fused-ring (bicyclic) bond motifs is 1. The van der Waals surface area contributed by atoms with Crippen LogP contribution in [0.2, 0.25) is 0 Å². The third kappa shape index (κ3) is 1.96. The molecule has 0 amide bonds. The molecule has 0 atom stereocenters. The zero-order chi connectivity index (χ0) is 13.6. The predicted molar refractivity (Wildman–Crippen MR) is 70.2 cm³/mol. The molecule has 0 radical (unpaired) electrons. The molecule has 0 spiro atoms. The Hall–Kier alpha value is -1.69. The third-order valence-electron chi connectivity index (χ3n) is 3.27. The molecule has 0 saturated carbocycles. The van der Waals surface area contributed by atoms with E-state index in [9.17, 15) is 9.18 Å². The molecule has 0 unspecified atom stereocenters. The van der Waals surface area contributed by atoms with Crippen molar-refractivity contribution < 1.29 is 14.3 Å². The number of carboxylic acids is 1. The second-order valence-electron chi connectivity index (χ2n) is 4.44. The van der Waals surface area contributed by atoms with Crippen molar-refractivity contribution in [3.8, 4) is 5.69 Å². The lowest BCUT2D eigenvalue weighted by Crippen LogP contribution is -2.06. The molecule has 2 aromatic rings. The maximum atomic E-state index is 14.0. The first-order valence-electron chi connectivity index (χ1n) is 5.87. The molecule has 0 bridgehead atoms. The lowest BCUT2D eigenvalue weighted by Gasteiger charge is -2.07. The molecule has 1 aliphatic carbocycles. The largest absolute Gasteiger partial charge is 0.476 e. The summed E-state index contributed by atoms with van der Waals surface area (Å²) < 4.78 is 16.0. The van der Waals surface area contributed by atoms with E-state index in [1.54, 1.807) is 12.1 Å². The molecule has 1 aromatic heterocycles. The first-order chi connectivity index (χ1) is 9.08. The van der Waals surface area contributed by atoms with E-state index in [4.69, 9.17) is 5.11 Å². The summed E-state index contributed by atoms with van der Waals surface area (Å²) in [6, 6.07) is 4.65. The minimum atomic E-state index is -1.06. The number of rotatable bonds is 2. The number of nitrogens with zero attached hydrogens (tertiary/aromatic N) is 2. The smallest absolute Gasteiger partial charge is 0.356 e. The van der Waals surface area contributed by atoms with Gasteiger partial charge in [0.15, 0.2) is 5.69 Å². The fraction of sp³-hybridized carbons (Fsp3) is 0.231. The van der Waals surface area contributed by atoms with Crippen molar-refractivity contribution in [2.75, 3.05) is 0 Å². The van der Waals surface area contributed by atoms with Crippen LogP contribution in [0.4, 0.5) is 4.39 Å². The molecule has 1 aromatic carbocycles. The molecule has 1 heterocycles. The van der Waals surface area contributed by atoms with Crippen LogP contribution in [0.25, 0.3) is 5.69 Å². The third-order valence-corrected chi connectivity index (χ3v) is 3.76. The average Bonchev–Trinajstić information content (AvgIpc) is 2.90. The first kappa shape index (κ1) is 12.3. The lowest BCUT2D eigenvalue weighted by molar-refractivity contribution is 0.0689. The van der Waals surface area contributed by atoms with Crippen molar-refractivity contribution in [2.24, 2.45) is 0 Å². The molecular formula is C13H10BrFN2O2. The summed E-state index contributed by atoms with van der Waals surface area (Å²) in [5.74, 6) is -1.49. The van der Waals surface area contributed by atoms with Gasteiger partial charge in [0.25, 0.3) is 0 Å². The van der Waals surface area contributed by atoms with Gasteiger partial charge < -0.3 is 5.11 Å². The zero-order valence-electron chi connectivity index (χ0n) is 9.86. The zero-order valence-corrected chi connectivity index (χ0v) is 11.4. The summed E-state index contributed by atoms with van der Waals surface area (Å²) >= 11 is 3.20. The second kappa shape index (κ2) is 4.45. The molecule has 19 heavy (non-hydrogen) atoms. The van der Waals surface area contributed by atoms with Crippen LogP contribution < -0.4 is 0 Å². The Balaban J connectivity index is 2.21. The molecule has 0 aliphatic heterocycles. The molecule has 3 rings (SSSR count). The highest BCUT2D eigenvalue weighted by Gasteiger charge is 2.27. The quantitative estimate of drug-likeness (QED) is 0.924. The number of carboxylic acid groups (broad SMARTS) is 1. The molecule has 4 nitrogen and oxygen atoms in total. The van der Waals surface area contributed by atoms with E-state index < -0.39 is 11.8 Å². The van der Waals surface area contributed by atoms with Gasteiger partial charge in [0.1, 0.15) is 11.5 Å². The van der Waals surface area contributed by atoms with E-state index in [2.05, 4.69) is 21.0 Å². The number of halogens is 2. The summed E-state index contributed by atoms with van der Waals surface area (Å²) in [5.41, 5.74) is 1.86. The van der Waals surface area contributed by atoms with Crippen LogP contribution >= 0.6 is 15.9 Å². The van der Waals surface area contributed by atoms with E-state index in [1.807, 2.05) is 0 Å².